The Morgan fingerprint density at radius 1 is 1.10 bits per heavy atom. The number of hydrogen-bond donors (Lipinski definition) is 2. The molecule has 0 saturated heterocycles. The quantitative estimate of drug-likeness (QED) is 0.578. The molecule has 1 aromatic carbocycles. The second-order valence-electron chi connectivity index (χ2n) is 8.09. The van der Waals surface area contributed by atoms with Gasteiger partial charge in [0.1, 0.15) is 18.4 Å². The molecule has 0 aliphatic carbocycles. The van der Waals surface area contributed by atoms with Crippen LogP contribution in [0.15, 0.2) is 41.5 Å². The molecule has 0 radical (unpaired) electrons. The zero-order valence-corrected chi connectivity index (χ0v) is 18.4. The van der Waals surface area contributed by atoms with Crippen LogP contribution in [0.3, 0.4) is 0 Å². The summed E-state index contributed by atoms with van der Waals surface area (Å²) in [7, 11) is 0. The van der Waals surface area contributed by atoms with Gasteiger partial charge in [0, 0.05) is 18.8 Å². The third kappa shape index (κ3) is 5.02. The van der Waals surface area contributed by atoms with E-state index in [-0.39, 0.29) is 18.4 Å². The molecule has 164 valence electrons. The van der Waals surface area contributed by atoms with Crippen molar-refractivity contribution < 1.29 is 9.59 Å². The lowest BCUT2D eigenvalue weighted by Gasteiger charge is -2.08. The van der Waals surface area contributed by atoms with E-state index in [0.29, 0.717) is 47.8 Å². The molecule has 2 aromatic heterocycles. The van der Waals surface area contributed by atoms with Gasteiger partial charge < -0.3 is 10.6 Å². The second-order valence-corrected chi connectivity index (χ2v) is 8.09. The van der Waals surface area contributed by atoms with Crippen LogP contribution >= 0.6 is 0 Å². The molecule has 3 aromatic rings. The lowest BCUT2D eigenvalue weighted by atomic mass is 10.1. The largest absolute Gasteiger partial charge is 0.354 e. The molecule has 0 saturated carbocycles. The van der Waals surface area contributed by atoms with Gasteiger partial charge in [-0.25, -0.2) is 4.68 Å². The van der Waals surface area contributed by atoms with Crippen LogP contribution in [0.5, 0.6) is 0 Å². The van der Waals surface area contributed by atoms with Gasteiger partial charge in [0.25, 0.3) is 11.5 Å². The first-order valence-electron chi connectivity index (χ1n) is 10.5. The van der Waals surface area contributed by atoms with Crippen LogP contribution in [-0.4, -0.2) is 39.1 Å². The summed E-state index contributed by atoms with van der Waals surface area (Å²) in [6, 6.07) is 9.85. The monoisotopic (exact) mass is 423 g/mol. The van der Waals surface area contributed by atoms with Crippen molar-refractivity contribution in [1.82, 2.24) is 24.8 Å². The van der Waals surface area contributed by atoms with Crippen molar-refractivity contribution >= 4 is 17.3 Å². The Kier molecular flexibility index (Phi) is 6.89. The van der Waals surface area contributed by atoms with Gasteiger partial charge in [-0.05, 0) is 37.3 Å². The average Bonchev–Trinajstić information content (AvgIpc) is 2.99. The summed E-state index contributed by atoms with van der Waals surface area (Å²) in [6.45, 7) is 8.42. The van der Waals surface area contributed by atoms with E-state index in [1.165, 1.54) is 6.33 Å². The highest BCUT2D eigenvalue weighted by Crippen LogP contribution is 2.19. The van der Waals surface area contributed by atoms with Gasteiger partial charge in [-0.3, -0.25) is 18.8 Å². The molecule has 2 N–H and O–H groups in total. The van der Waals surface area contributed by atoms with Gasteiger partial charge in [-0.15, -0.1) is 0 Å². The van der Waals surface area contributed by atoms with Crippen molar-refractivity contribution in [2.75, 3.05) is 13.1 Å². The third-order valence-electron chi connectivity index (χ3n) is 5.21. The number of benzene rings is 1. The Hall–Kier alpha value is -3.42. The molecule has 0 unspecified atom stereocenters. The van der Waals surface area contributed by atoms with Crippen LogP contribution < -0.4 is 16.2 Å². The van der Waals surface area contributed by atoms with Crippen molar-refractivity contribution in [3.05, 3.63) is 69.4 Å². The fraction of sp³-hybridized carbons (Fsp3) is 0.391. The number of rotatable bonds is 8. The van der Waals surface area contributed by atoms with E-state index in [4.69, 9.17) is 0 Å². The van der Waals surface area contributed by atoms with E-state index >= 15 is 0 Å². The summed E-state index contributed by atoms with van der Waals surface area (Å²) < 4.78 is 2.75. The standard InChI is InChI=1S/C23H29N5O3/c1-15(2)12-25-22(30)20-16(3)21-23(31)28(26-14-27(21)17(20)4)13-19(29)24-11-10-18-8-6-5-7-9-18/h5-9,14-15H,10-13H2,1-4H3,(H,24,29)(H,25,30). The molecule has 0 bridgehead atoms. The van der Waals surface area contributed by atoms with Crippen LogP contribution in [0.1, 0.15) is 41.0 Å². The number of nitrogens with one attached hydrogen (secondary N) is 2. The zero-order chi connectivity index (χ0) is 22.5. The number of nitrogens with zero attached hydrogens (tertiary/aromatic N) is 3. The Morgan fingerprint density at radius 2 is 1.81 bits per heavy atom. The Balaban J connectivity index is 1.76. The molecule has 0 spiro atoms. The van der Waals surface area contributed by atoms with Crippen LogP contribution in [0.4, 0.5) is 0 Å². The van der Waals surface area contributed by atoms with Crippen LogP contribution in [0.2, 0.25) is 0 Å². The summed E-state index contributed by atoms with van der Waals surface area (Å²) in [5.41, 5.74) is 2.80. The molecule has 8 heteroatoms. The number of amides is 2. The van der Waals surface area contributed by atoms with Crippen LogP contribution in [0.25, 0.3) is 5.52 Å². The molecule has 0 fully saturated rings. The van der Waals surface area contributed by atoms with E-state index < -0.39 is 5.56 Å². The fourth-order valence-corrected chi connectivity index (χ4v) is 3.57. The number of hydrogen-bond acceptors (Lipinski definition) is 4. The van der Waals surface area contributed by atoms with Crippen LogP contribution in [-0.2, 0) is 17.8 Å². The normalized spacial score (nSPS) is 11.1. The first-order chi connectivity index (χ1) is 14.8. The van der Waals surface area contributed by atoms with E-state index in [9.17, 15) is 14.4 Å². The van der Waals surface area contributed by atoms with Gasteiger partial charge >= 0.3 is 0 Å². The van der Waals surface area contributed by atoms with Crippen molar-refractivity contribution in [1.29, 1.82) is 0 Å². The highest BCUT2D eigenvalue weighted by Gasteiger charge is 2.22. The Bertz CT molecular complexity index is 1150. The summed E-state index contributed by atoms with van der Waals surface area (Å²) in [5.74, 6) is -0.177. The minimum atomic E-state index is -0.399. The molecule has 8 nitrogen and oxygen atoms in total. The first kappa shape index (κ1) is 22.3. The number of carbonyl (C=O) groups excluding carboxylic acids is 2. The second kappa shape index (κ2) is 9.59. The molecular formula is C23H29N5O3. The fourth-order valence-electron chi connectivity index (χ4n) is 3.57. The summed E-state index contributed by atoms with van der Waals surface area (Å²) >= 11 is 0. The van der Waals surface area contributed by atoms with Crippen LogP contribution in [0, 0.1) is 19.8 Å². The molecule has 3 rings (SSSR count). The Labute approximate surface area is 181 Å². The molecule has 31 heavy (non-hydrogen) atoms. The summed E-state index contributed by atoms with van der Waals surface area (Å²) in [5, 5.41) is 9.86. The molecular weight excluding hydrogens is 394 g/mol. The average molecular weight is 424 g/mol. The minimum absolute atomic E-state index is 0.178. The maximum Gasteiger partial charge on any atom is 0.291 e. The maximum absolute atomic E-state index is 13.0. The smallest absolute Gasteiger partial charge is 0.291 e. The molecule has 0 aliphatic rings. The molecule has 2 heterocycles. The van der Waals surface area contributed by atoms with Gasteiger partial charge in [0.2, 0.25) is 5.91 Å². The first-order valence-corrected chi connectivity index (χ1v) is 10.5. The van der Waals surface area contributed by atoms with E-state index in [1.807, 2.05) is 44.2 Å². The van der Waals surface area contributed by atoms with E-state index in [0.717, 1.165) is 10.2 Å². The summed E-state index contributed by atoms with van der Waals surface area (Å²) in [6.07, 6.45) is 2.19. The number of aromatic nitrogens is 3. The molecule has 0 aliphatic heterocycles. The topological polar surface area (TPSA) is 97.5 Å². The number of aryl methyl sites for hydroxylation is 2. The SMILES string of the molecule is Cc1c(C(=O)NCC(C)C)c(C)n2cnn(CC(=O)NCCc3ccccc3)c(=O)c12. The van der Waals surface area contributed by atoms with Crippen molar-refractivity contribution in [3.8, 4) is 0 Å². The molecule has 0 atom stereocenters. The molecule has 2 amide bonds. The maximum atomic E-state index is 13.0. The van der Waals surface area contributed by atoms with Gasteiger partial charge in [-0.1, -0.05) is 44.2 Å². The zero-order valence-electron chi connectivity index (χ0n) is 18.4. The van der Waals surface area contributed by atoms with Crippen molar-refractivity contribution in [2.45, 2.75) is 40.7 Å². The van der Waals surface area contributed by atoms with Gasteiger partial charge in [0.05, 0.1) is 5.56 Å². The van der Waals surface area contributed by atoms with E-state index in [2.05, 4.69) is 15.7 Å². The minimum Gasteiger partial charge on any atom is -0.354 e. The predicted octanol–water partition coefficient (Wildman–Crippen LogP) is 1.86. The third-order valence-corrected chi connectivity index (χ3v) is 5.21. The summed E-state index contributed by atoms with van der Waals surface area (Å²) in [4.78, 5) is 38.0. The number of carbonyl (C=O) groups is 2. The highest BCUT2D eigenvalue weighted by atomic mass is 16.2. The number of fused-ring (bicyclic) bond motifs is 1. The van der Waals surface area contributed by atoms with Crippen molar-refractivity contribution in [2.24, 2.45) is 5.92 Å². The van der Waals surface area contributed by atoms with E-state index in [1.54, 1.807) is 18.2 Å². The lowest BCUT2D eigenvalue weighted by Crippen LogP contribution is -2.35. The van der Waals surface area contributed by atoms with Gasteiger partial charge in [-0.2, -0.15) is 5.10 Å². The Morgan fingerprint density at radius 3 is 2.48 bits per heavy atom. The lowest BCUT2D eigenvalue weighted by molar-refractivity contribution is -0.121. The highest BCUT2D eigenvalue weighted by molar-refractivity contribution is 5.99. The van der Waals surface area contributed by atoms with Gasteiger partial charge in [0.15, 0.2) is 0 Å². The predicted molar refractivity (Wildman–Crippen MR) is 119 cm³/mol. The van der Waals surface area contributed by atoms with Crippen molar-refractivity contribution in [3.63, 3.8) is 0 Å².